The van der Waals surface area contributed by atoms with Crippen molar-refractivity contribution in [1.82, 2.24) is 0 Å². The van der Waals surface area contributed by atoms with E-state index in [1.165, 1.54) is 22.1 Å². The Bertz CT molecular complexity index is 277. The number of halogens is 2. The topological polar surface area (TPSA) is 34.1 Å². The molecule has 0 bridgehead atoms. The monoisotopic (exact) mass is 208 g/mol. The SMILES string of the molecule is O=C(Cl)c1cscc1C(=O)Cl. The maximum absolute atomic E-state index is 10.6. The number of rotatable bonds is 2. The first-order valence-electron chi connectivity index (χ1n) is 2.58. The Kier molecular flexibility index (Phi) is 2.65. The van der Waals surface area contributed by atoms with Crippen molar-refractivity contribution >= 4 is 45.0 Å². The average Bonchev–Trinajstić information content (AvgIpc) is 2.32. The van der Waals surface area contributed by atoms with E-state index in [1.807, 2.05) is 0 Å². The Morgan fingerprint density at radius 3 is 1.73 bits per heavy atom. The molecule has 0 unspecified atom stereocenters. The second-order valence-electron chi connectivity index (χ2n) is 1.75. The minimum Gasteiger partial charge on any atom is -0.276 e. The second-order valence-corrected chi connectivity index (χ2v) is 3.18. The maximum atomic E-state index is 10.6. The standard InChI is InChI=1S/C6H2Cl2O2S/c7-5(9)3-1-11-2-4(3)6(8)10/h1-2H. The third-order valence-corrected chi connectivity index (χ3v) is 2.24. The molecule has 1 heterocycles. The zero-order chi connectivity index (χ0) is 8.43. The van der Waals surface area contributed by atoms with Crippen molar-refractivity contribution in [3.63, 3.8) is 0 Å². The van der Waals surface area contributed by atoms with Gasteiger partial charge in [0.1, 0.15) is 0 Å². The Hall–Kier alpha value is -0.380. The van der Waals surface area contributed by atoms with Gasteiger partial charge in [0, 0.05) is 10.8 Å². The van der Waals surface area contributed by atoms with Gasteiger partial charge in [0.2, 0.25) is 0 Å². The van der Waals surface area contributed by atoms with Crippen LogP contribution in [0.4, 0.5) is 0 Å². The predicted octanol–water partition coefficient (Wildman–Crippen LogP) is 2.51. The van der Waals surface area contributed by atoms with Crippen LogP contribution < -0.4 is 0 Å². The van der Waals surface area contributed by atoms with Crippen LogP contribution in [0.25, 0.3) is 0 Å². The van der Waals surface area contributed by atoms with Crippen LogP contribution in [0.1, 0.15) is 20.7 Å². The van der Waals surface area contributed by atoms with Gasteiger partial charge in [-0.1, -0.05) is 0 Å². The summed E-state index contributed by atoms with van der Waals surface area (Å²) in [5.74, 6) is 0. The molecule has 0 atom stereocenters. The molecule has 2 nitrogen and oxygen atoms in total. The fourth-order valence-corrected chi connectivity index (χ4v) is 1.85. The molecule has 1 rings (SSSR count). The van der Waals surface area contributed by atoms with Crippen molar-refractivity contribution in [2.75, 3.05) is 0 Å². The number of hydrogen-bond donors (Lipinski definition) is 0. The summed E-state index contributed by atoms with van der Waals surface area (Å²) >= 11 is 11.5. The summed E-state index contributed by atoms with van der Waals surface area (Å²) < 4.78 is 0. The summed E-state index contributed by atoms with van der Waals surface area (Å²) in [6, 6.07) is 0. The molecule has 0 radical (unpaired) electrons. The maximum Gasteiger partial charge on any atom is 0.254 e. The van der Waals surface area contributed by atoms with E-state index in [-0.39, 0.29) is 11.1 Å². The summed E-state index contributed by atoms with van der Waals surface area (Å²) in [6.45, 7) is 0. The summed E-state index contributed by atoms with van der Waals surface area (Å²) in [5.41, 5.74) is 0.355. The van der Waals surface area contributed by atoms with E-state index in [0.717, 1.165) is 0 Å². The third kappa shape index (κ3) is 1.80. The number of carbonyl (C=O) groups excluding carboxylic acids is 2. The molecular weight excluding hydrogens is 207 g/mol. The van der Waals surface area contributed by atoms with Gasteiger partial charge in [-0.05, 0) is 23.2 Å². The first kappa shape index (κ1) is 8.71. The lowest BCUT2D eigenvalue weighted by Crippen LogP contribution is -1.95. The molecule has 0 aliphatic rings. The number of carbonyl (C=O) groups is 2. The Morgan fingerprint density at radius 2 is 1.45 bits per heavy atom. The van der Waals surface area contributed by atoms with Gasteiger partial charge in [-0.25, -0.2) is 0 Å². The van der Waals surface area contributed by atoms with Gasteiger partial charge in [-0.15, -0.1) is 0 Å². The zero-order valence-corrected chi connectivity index (χ0v) is 7.46. The lowest BCUT2D eigenvalue weighted by molar-refractivity contribution is 0.105. The van der Waals surface area contributed by atoms with E-state index >= 15 is 0 Å². The fraction of sp³-hybridized carbons (Fsp3) is 0. The second kappa shape index (κ2) is 3.34. The number of thiophene rings is 1. The van der Waals surface area contributed by atoms with Gasteiger partial charge in [-0.2, -0.15) is 11.3 Å². The fourth-order valence-electron chi connectivity index (χ4n) is 0.601. The van der Waals surface area contributed by atoms with Crippen LogP contribution in [0.3, 0.4) is 0 Å². The molecule has 0 spiro atoms. The van der Waals surface area contributed by atoms with Crippen molar-refractivity contribution in [2.45, 2.75) is 0 Å². The van der Waals surface area contributed by atoms with Crippen LogP contribution in [0, 0.1) is 0 Å². The smallest absolute Gasteiger partial charge is 0.254 e. The molecule has 0 aliphatic carbocycles. The molecule has 1 aromatic rings. The predicted molar refractivity (Wildman–Crippen MR) is 44.7 cm³/mol. The molecule has 1 aromatic heterocycles. The molecule has 0 amide bonds. The van der Waals surface area contributed by atoms with E-state index in [4.69, 9.17) is 23.2 Å². The first-order valence-corrected chi connectivity index (χ1v) is 4.28. The summed E-state index contributed by atoms with van der Waals surface area (Å²) in [7, 11) is 0. The van der Waals surface area contributed by atoms with Gasteiger partial charge in [0.05, 0.1) is 11.1 Å². The molecule has 58 valence electrons. The highest BCUT2D eigenvalue weighted by atomic mass is 35.5. The molecule has 0 aliphatic heterocycles. The lowest BCUT2D eigenvalue weighted by atomic mass is 10.2. The van der Waals surface area contributed by atoms with Gasteiger partial charge < -0.3 is 0 Å². The minimum absolute atomic E-state index is 0.177. The van der Waals surface area contributed by atoms with Gasteiger partial charge in [-0.3, -0.25) is 9.59 Å². The minimum atomic E-state index is -0.657. The van der Waals surface area contributed by atoms with Crippen molar-refractivity contribution in [1.29, 1.82) is 0 Å². The van der Waals surface area contributed by atoms with E-state index in [0.29, 0.717) is 0 Å². The summed E-state index contributed by atoms with van der Waals surface area (Å²) in [4.78, 5) is 21.2. The van der Waals surface area contributed by atoms with Crippen LogP contribution >= 0.6 is 34.5 Å². The van der Waals surface area contributed by atoms with Crippen LogP contribution in [0.5, 0.6) is 0 Å². The van der Waals surface area contributed by atoms with Crippen molar-refractivity contribution in [2.24, 2.45) is 0 Å². The van der Waals surface area contributed by atoms with Gasteiger partial charge in [0.25, 0.3) is 10.5 Å². The molecular formula is C6H2Cl2O2S. The Morgan fingerprint density at radius 1 is 1.09 bits per heavy atom. The quantitative estimate of drug-likeness (QED) is 0.701. The first-order chi connectivity index (χ1) is 5.13. The molecule has 0 saturated carbocycles. The van der Waals surface area contributed by atoms with Crippen LogP contribution in [0.2, 0.25) is 0 Å². The highest BCUT2D eigenvalue weighted by molar-refractivity contribution is 7.09. The van der Waals surface area contributed by atoms with Crippen molar-refractivity contribution in [3.05, 3.63) is 21.9 Å². The van der Waals surface area contributed by atoms with Crippen LogP contribution in [-0.4, -0.2) is 10.5 Å². The highest BCUT2D eigenvalue weighted by Crippen LogP contribution is 2.18. The molecule has 11 heavy (non-hydrogen) atoms. The third-order valence-electron chi connectivity index (χ3n) is 1.09. The normalized spacial score (nSPS) is 9.64. The molecule has 0 aromatic carbocycles. The summed E-state index contributed by atoms with van der Waals surface area (Å²) in [5, 5.41) is 1.67. The highest BCUT2D eigenvalue weighted by Gasteiger charge is 2.14. The number of hydrogen-bond acceptors (Lipinski definition) is 3. The molecule has 0 saturated heterocycles. The molecule has 0 N–H and O–H groups in total. The van der Waals surface area contributed by atoms with Crippen LogP contribution in [0.15, 0.2) is 10.8 Å². The Balaban J connectivity index is 3.16. The lowest BCUT2D eigenvalue weighted by Gasteiger charge is -1.89. The largest absolute Gasteiger partial charge is 0.276 e. The molecule has 5 heteroatoms. The zero-order valence-electron chi connectivity index (χ0n) is 5.14. The van der Waals surface area contributed by atoms with E-state index in [2.05, 4.69) is 0 Å². The summed E-state index contributed by atoms with van der Waals surface area (Å²) in [6.07, 6.45) is 0. The molecule has 0 fully saturated rings. The van der Waals surface area contributed by atoms with E-state index in [9.17, 15) is 9.59 Å². The Labute approximate surface area is 76.7 Å². The van der Waals surface area contributed by atoms with E-state index in [1.54, 1.807) is 0 Å². The van der Waals surface area contributed by atoms with Gasteiger partial charge in [0.15, 0.2) is 0 Å². The average molecular weight is 209 g/mol. The van der Waals surface area contributed by atoms with Crippen molar-refractivity contribution in [3.8, 4) is 0 Å². The van der Waals surface area contributed by atoms with Gasteiger partial charge >= 0.3 is 0 Å². The van der Waals surface area contributed by atoms with Crippen LogP contribution in [-0.2, 0) is 0 Å². The van der Waals surface area contributed by atoms with Crippen molar-refractivity contribution < 1.29 is 9.59 Å². The van der Waals surface area contributed by atoms with E-state index < -0.39 is 10.5 Å².